The minimum absolute atomic E-state index is 0.187. The summed E-state index contributed by atoms with van der Waals surface area (Å²) < 4.78 is 0. The predicted molar refractivity (Wildman–Crippen MR) is 119 cm³/mol. The van der Waals surface area contributed by atoms with E-state index in [0.717, 1.165) is 17.8 Å². The van der Waals surface area contributed by atoms with E-state index in [1.165, 1.54) is 0 Å². The third kappa shape index (κ3) is 4.82. The van der Waals surface area contributed by atoms with Gasteiger partial charge in [-0.3, -0.25) is 9.59 Å². The summed E-state index contributed by atoms with van der Waals surface area (Å²) in [4.78, 5) is 27.2. The van der Waals surface area contributed by atoms with Gasteiger partial charge in [-0.15, -0.1) is 0 Å². The van der Waals surface area contributed by atoms with Gasteiger partial charge in [0.2, 0.25) is 0 Å². The van der Waals surface area contributed by atoms with Crippen molar-refractivity contribution in [2.45, 2.75) is 13.8 Å². The molecule has 0 heterocycles. The first-order valence-corrected chi connectivity index (χ1v) is 9.58. The highest BCUT2D eigenvalue weighted by atomic mass is 16.2. The van der Waals surface area contributed by atoms with Gasteiger partial charge in [-0.1, -0.05) is 24.3 Å². The number of carbonyl (C=O) groups is 2. The van der Waals surface area contributed by atoms with E-state index < -0.39 is 0 Å². The predicted octanol–water partition coefficient (Wildman–Crippen LogP) is 4.96. The Labute approximate surface area is 171 Å². The van der Waals surface area contributed by atoms with Crippen molar-refractivity contribution in [3.05, 3.63) is 89.5 Å². The molecule has 0 bridgehead atoms. The van der Waals surface area contributed by atoms with Crippen LogP contribution in [0.2, 0.25) is 0 Å². The summed E-state index contributed by atoms with van der Waals surface area (Å²) in [6, 6.07) is 22.0. The highest BCUT2D eigenvalue weighted by Crippen LogP contribution is 2.25. The third-order valence-electron chi connectivity index (χ3n) is 4.91. The maximum atomic E-state index is 12.7. The lowest BCUT2D eigenvalue weighted by Gasteiger charge is -2.17. The van der Waals surface area contributed by atoms with E-state index in [9.17, 15) is 9.59 Å². The van der Waals surface area contributed by atoms with Crippen LogP contribution in [0.3, 0.4) is 0 Å². The first kappa shape index (κ1) is 20.1. The standard InChI is InChI=1S/C24H25N3O2/c1-4-27(3)20-15-13-19(14-16-20)24(29)26-22-12-8-11-21(17(22)2)25-23(28)18-9-6-5-7-10-18/h5-16H,4H2,1-3H3,(H,25,28)(H,26,29). The molecule has 3 rings (SSSR count). The van der Waals surface area contributed by atoms with Crippen molar-refractivity contribution < 1.29 is 9.59 Å². The molecule has 2 N–H and O–H groups in total. The Hall–Kier alpha value is -3.60. The van der Waals surface area contributed by atoms with Crippen LogP contribution in [-0.2, 0) is 0 Å². The number of hydrogen-bond acceptors (Lipinski definition) is 3. The minimum atomic E-state index is -0.190. The molecule has 0 spiro atoms. The second-order valence-corrected chi connectivity index (χ2v) is 6.81. The van der Waals surface area contributed by atoms with Gasteiger partial charge in [0.15, 0.2) is 0 Å². The molecule has 3 aromatic rings. The van der Waals surface area contributed by atoms with E-state index >= 15 is 0 Å². The maximum absolute atomic E-state index is 12.7. The number of hydrogen-bond donors (Lipinski definition) is 2. The van der Waals surface area contributed by atoms with E-state index in [4.69, 9.17) is 0 Å². The molecule has 0 fully saturated rings. The summed E-state index contributed by atoms with van der Waals surface area (Å²) in [6.07, 6.45) is 0. The zero-order valence-electron chi connectivity index (χ0n) is 16.9. The van der Waals surface area contributed by atoms with E-state index in [2.05, 4.69) is 22.5 Å². The van der Waals surface area contributed by atoms with Crippen molar-refractivity contribution in [2.75, 3.05) is 29.1 Å². The number of amides is 2. The fraction of sp³-hybridized carbons (Fsp3) is 0.167. The van der Waals surface area contributed by atoms with E-state index in [1.807, 2.05) is 74.6 Å². The number of benzene rings is 3. The summed E-state index contributed by atoms with van der Waals surface area (Å²) in [5, 5.41) is 5.85. The van der Waals surface area contributed by atoms with Crippen LogP contribution in [-0.4, -0.2) is 25.4 Å². The summed E-state index contributed by atoms with van der Waals surface area (Å²) in [5.74, 6) is -0.377. The molecule has 0 aliphatic rings. The molecule has 5 nitrogen and oxygen atoms in total. The monoisotopic (exact) mass is 387 g/mol. The second-order valence-electron chi connectivity index (χ2n) is 6.81. The Kier molecular flexibility index (Phi) is 6.29. The first-order chi connectivity index (χ1) is 14.0. The van der Waals surface area contributed by atoms with Crippen LogP contribution in [0.25, 0.3) is 0 Å². The van der Waals surface area contributed by atoms with Crippen LogP contribution in [0.1, 0.15) is 33.2 Å². The zero-order valence-corrected chi connectivity index (χ0v) is 16.9. The van der Waals surface area contributed by atoms with Crippen molar-refractivity contribution in [1.29, 1.82) is 0 Å². The summed E-state index contributed by atoms with van der Waals surface area (Å²) in [6.45, 7) is 4.84. The minimum Gasteiger partial charge on any atom is -0.375 e. The fourth-order valence-electron chi connectivity index (χ4n) is 2.93. The Bertz CT molecular complexity index is 998. The average Bonchev–Trinajstić information content (AvgIpc) is 2.76. The smallest absolute Gasteiger partial charge is 0.255 e. The quantitative estimate of drug-likeness (QED) is 0.629. The molecular weight excluding hydrogens is 362 g/mol. The second kappa shape index (κ2) is 9.06. The molecule has 0 aliphatic heterocycles. The van der Waals surface area contributed by atoms with E-state index in [1.54, 1.807) is 12.1 Å². The van der Waals surface area contributed by atoms with E-state index in [0.29, 0.717) is 22.5 Å². The topological polar surface area (TPSA) is 61.4 Å². The maximum Gasteiger partial charge on any atom is 0.255 e. The molecule has 0 aliphatic carbocycles. The van der Waals surface area contributed by atoms with Crippen LogP contribution in [0.4, 0.5) is 17.1 Å². The molecule has 29 heavy (non-hydrogen) atoms. The molecule has 2 amide bonds. The Balaban J connectivity index is 1.74. The number of carbonyl (C=O) groups excluding carboxylic acids is 2. The van der Waals surface area contributed by atoms with E-state index in [-0.39, 0.29) is 11.8 Å². The lowest BCUT2D eigenvalue weighted by Crippen LogP contribution is -2.17. The molecule has 0 aromatic heterocycles. The van der Waals surface area contributed by atoms with Gasteiger partial charge >= 0.3 is 0 Å². The highest BCUT2D eigenvalue weighted by molar-refractivity contribution is 6.07. The van der Waals surface area contributed by atoms with Crippen molar-refractivity contribution >= 4 is 28.9 Å². The largest absolute Gasteiger partial charge is 0.375 e. The molecule has 148 valence electrons. The molecule has 0 radical (unpaired) electrons. The molecule has 0 saturated carbocycles. The van der Waals surface area contributed by atoms with Crippen molar-refractivity contribution in [2.24, 2.45) is 0 Å². The third-order valence-corrected chi connectivity index (χ3v) is 4.91. The van der Waals surface area contributed by atoms with Gasteiger partial charge in [0.05, 0.1) is 0 Å². The van der Waals surface area contributed by atoms with Crippen LogP contribution >= 0.6 is 0 Å². The van der Waals surface area contributed by atoms with Crippen molar-refractivity contribution in [3.63, 3.8) is 0 Å². The highest BCUT2D eigenvalue weighted by Gasteiger charge is 2.12. The van der Waals surface area contributed by atoms with Crippen molar-refractivity contribution in [3.8, 4) is 0 Å². The van der Waals surface area contributed by atoms with Gasteiger partial charge in [0.25, 0.3) is 11.8 Å². The Morgan fingerprint density at radius 1 is 0.759 bits per heavy atom. The molecule has 0 unspecified atom stereocenters. The lowest BCUT2D eigenvalue weighted by molar-refractivity contribution is 0.101. The van der Waals surface area contributed by atoms with Gasteiger partial charge in [0.1, 0.15) is 0 Å². The van der Waals surface area contributed by atoms with Crippen LogP contribution < -0.4 is 15.5 Å². The fourth-order valence-corrected chi connectivity index (χ4v) is 2.93. The summed E-state index contributed by atoms with van der Waals surface area (Å²) >= 11 is 0. The van der Waals surface area contributed by atoms with Gasteiger partial charge in [-0.05, 0) is 67.9 Å². The van der Waals surface area contributed by atoms with Crippen LogP contribution in [0.5, 0.6) is 0 Å². The van der Waals surface area contributed by atoms with Gasteiger partial charge in [0, 0.05) is 41.8 Å². The molecule has 0 atom stereocenters. The zero-order chi connectivity index (χ0) is 20.8. The molecule has 0 saturated heterocycles. The van der Waals surface area contributed by atoms with Gasteiger partial charge in [-0.25, -0.2) is 0 Å². The molecule has 3 aromatic carbocycles. The summed E-state index contributed by atoms with van der Waals surface area (Å²) in [5.41, 5.74) is 4.35. The van der Waals surface area contributed by atoms with Crippen LogP contribution in [0.15, 0.2) is 72.8 Å². The Morgan fingerprint density at radius 3 is 1.79 bits per heavy atom. The Morgan fingerprint density at radius 2 is 1.28 bits per heavy atom. The number of rotatable bonds is 6. The average molecular weight is 387 g/mol. The van der Waals surface area contributed by atoms with Crippen LogP contribution in [0, 0.1) is 6.92 Å². The molecular formula is C24H25N3O2. The lowest BCUT2D eigenvalue weighted by atomic mass is 10.1. The molecule has 5 heteroatoms. The number of nitrogens with one attached hydrogen (secondary N) is 2. The van der Waals surface area contributed by atoms with Crippen molar-refractivity contribution in [1.82, 2.24) is 0 Å². The first-order valence-electron chi connectivity index (χ1n) is 9.58. The number of nitrogens with zero attached hydrogens (tertiary/aromatic N) is 1. The summed E-state index contributed by atoms with van der Waals surface area (Å²) in [7, 11) is 2.01. The van der Waals surface area contributed by atoms with Gasteiger partial charge < -0.3 is 15.5 Å². The number of anilines is 3. The normalized spacial score (nSPS) is 10.3. The SMILES string of the molecule is CCN(C)c1ccc(C(=O)Nc2cccc(NC(=O)c3ccccc3)c2C)cc1. The van der Waals surface area contributed by atoms with Gasteiger partial charge in [-0.2, -0.15) is 0 Å².